The second-order valence-corrected chi connectivity index (χ2v) is 4.63. The number of rotatable bonds is 4. The van der Waals surface area contributed by atoms with E-state index in [1.807, 2.05) is 12.1 Å². The topological polar surface area (TPSA) is 60.8 Å². The summed E-state index contributed by atoms with van der Waals surface area (Å²) in [5.41, 5.74) is 1.36. The van der Waals surface area contributed by atoms with Crippen molar-refractivity contribution in [3.8, 4) is 11.5 Å². The fourth-order valence-corrected chi connectivity index (χ4v) is 1.98. The molecule has 1 amide bonds. The third kappa shape index (κ3) is 4.73. The molecule has 0 saturated heterocycles. The van der Waals surface area contributed by atoms with Crippen LogP contribution in [0.15, 0.2) is 48.5 Å². The van der Waals surface area contributed by atoms with Gasteiger partial charge in [0.15, 0.2) is 0 Å². The Morgan fingerprint density at radius 1 is 0.905 bits per heavy atom. The zero-order chi connectivity index (χ0) is 14.5. The Balaban J connectivity index is 0.00000220. The second-order valence-electron chi connectivity index (χ2n) is 4.63. The smallest absolute Gasteiger partial charge is 0.220 e. The molecule has 4 nitrogen and oxygen atoms in total. The van der Waals surface area contributed by atoms with E-state index < -0.39 is 0 Å². The van der Waals surface area contributed by atoms with Crippen LogP contribution in [0.25, 0.3) is 0 Å². The zero-order valence-electron chi connectivity index (χ0n) is 11.8. The van der Waals surface area contributed by atoms with Gasteiger partial charge in [0.05, 0.1) is 0 Å². The quantitative estimate of drug-likeness (QED) is 0.663. The molecule has 21 heavy (non-hydrogen) atoms. The van der Waals surface area contributed by atoms with Gasteiger partial charge in [0.25, 0.3) is 0 Å². The van der Waals surface area contributed by atoms with Gasteiger partial charge in [0.2, 0.25) is 5.91 Å². The van der Waals surface area contributed by atoms with Crippen LogP contribution >= 0.6 is 0 Å². The predicted molar refractivity (Wildman–Crippen MR) is 81.9 cm³/mol. The molecule has 0 spiro atoms. The molecule has 4 radical (unpaired) electrons. The molecule has 0 fully saturated rings. The molecular weight excluding hydrogens is 461 g/mol. The largest absolute Gasteiger partial charge is 0.508 e. The van der Waals surface area contributed by atoms with Gasteiger partial charge in [-0.2, -0.15) is 0 Å². The fourth-order valence-electron chi connectivity index (χ4n) is 1.98. The van der Waals surface area contributed by atoms with Crippen LogP contribution in [0, 0.1) is 0 Å². The molecule has 2 aromatic carbocycles. The van der Waals surface area contributed by atoms with Crippen LogP contribution in [0.4, 0.5) is 0 Å². The van der Waals surface area contributed by atoms with Gasteiger partial charge >= 0.3 is 0 Å². The molecule has 5 heteroatoms. The molecule has 0 aromatic heterocycles. The van der Waals surface area contributed by atoms with Crippen LogP contribution < -0.4 is 0 Å². The first-order valence-corrected chi connectivity index (χ1v) is 6.37. The molecule has 2 rings (SSSR count). The van der Waals surface area contributed by atoms with Crippen molar-refractivity contribution in [1.29, 1.82) is 0 Å². The van der Waals surface area contributed by atoms with E-state index in [1.54, 1.807) is 41.3 Å². The minimum absolute atomic E-state index is 0. The van der Waals surface area contributed by atoms with Crippen LogP contribution in [0.2, 0.25) is 0 Å². The molecule has 0 aliphatic carbocycles. The minimum Gasteiger partial charge on any atom is -0.508 e. The van der Waals surface area contributed by atoms with Crippen molar-refractivity contribution in [2.75, 3.05) is 0 Å². The summed E-state index contributed by atoms with van der Waals surface area (Å²) in [6.07, 6.45) is 0. The minimum atomic E-state index is -0.114. The molecule has 0 aliphatic rings. The number of carbonyl (C=O) groups excluding carboxylic acids is 1. The van der Waals surface area contributed by atoms with Crippen LogP contribution in [0.5, 0.6) is 11.5 Å². The van der Waals surface area contributed by atoms with Gasteiger partial charge in [-0.1, -0.05) is 36.4 Å². The van der Waals surface area contributed by atoms with Gasteiger partial charge in [-0.25, -0.2) is 0 Å². The van der Waals surface area contributed by atoms with Gasteiger partial charge in [-0.15, -0.1) is 0 Å². The number of hydrogen-bond donors (Lipinski definition) is 2. The van der Waals surface area contributed by atoms with Gasteiger partial charge in [-0.3, -0.25) is 4.79 Å². The third-order valence-corrected chi connectivity index (χ3v) is 3.15. The molecule has 0 aliphatic heterocycles. The summed E-state index contributed by atoms with van der Waals surface area (Å²) in [5.74, 6) is 0.212. The van der Waals surface area contributed by atoms with E-state index in [1.165, 1.54) is 6.92 Å². The molecular formula is C16H17NO3Pb. The number of hydrogen-bond acceptors (Lipinski definition) is 3. The van der Waals surface area contributed by atoms with Crippen molar-refractivity contribution in [3.63, 3.8) is 0 Å². The van der Waals surface area contributed by atoms with Gasteiger partial charge in [-0.05, 0) is 12.1 Å². The number of para-hydroxylation sites is 2. The normalized spacial score (nSPS) is 9.76. The Bertz CT molecular complexity index is 568. The third-order valence-electron chi connectivity index (χ3n) is 3.15. The Morgan fingerprint density at radius 2 is 1.29 bits per heavy atom. The summed E-state index contributed by atoms with van der Waals surface area (Å²) in [4.78, 5) is 13.3. The average molecular weight is 479 g/mol. The van der Waals surface area contributed by atoms with Crippen LogP contribution in [-0.4, -0.2) is 48.3 Å². The Morgan fingerprint density at radius 3 is 1.62 bits per heavy atom. The number of benzene rings is 2. The maximum atomic E-state index is 11.7. The number of nitrogens with zero attached hydrogens (tertiary/aromatic N) is 1. The summed E-state index contributed by atoms with van der Waals surface area (Å²) < 4.78 is 0. The van der Waals surface area contributed by atoms with Crippen LogP contribution in [0.3, 0.4) is 0 Å². The number of aromatic hydroxyl groups is 2. The summed E-state index contributed by atoms with van der Waals surface area (Å²) in [6, 6.07) is 13.8. The first-order valence-electron chi connectivity index (χ1n) is 6.37. The molecule has 0 bridgehead atoms. The van der Waals surface area contributed by atoms with Crippen molar-refractivity contribution in [1.82, 2.24) is 4.90 Å². The maximum absolute atomic E-state index is 11.7. The molecule has 0 atom stereocenters. The van der Waals surface area contributed by atoms with Crippen molar-refractivity contribution < 1.29 is 15.0 Å². The van der Waals surface area contributed by atoms with Crippen LogP contribution in [0.1, 0.15) is 18.1 Å². The van der Waals surface area contributed by atoms with Crippen molar-refractivity contribution in [2.24, 2.45) is 0 Å². The molecule has 0 unspecified atom stereocenters. The standard InChI is InChI=1S/C16H17NO3.Pb/c1-12(18)17(10-13-6-2-4-8-15(13)19)11-14-7-3-5-9-16(14)20;/h2-9,19-20H,10-11H2,1H3;. The van der Waals surface area contributed by atoms with Gasteiger partial charge < -0.3 is 15.1 Å². The monoisotopic (exact) mass is 479 g/mol. The fraction of sp³-hybridized carbons (Fsp3) is 0.188. The predicted octanol–water partition coefficient (Wildman–Crippen LogP) is 2.27. The van der Waals surface area contributed by atoms with E-state index in [2.05, 4.69) is 0 Å². The number of amides is 1. The van der Waals surface area contributed by atoms with E-state index in [0.717, 1.165) is 0 Å². The zero-order valence-corrected chi connectivity index (χ0v) is 15.7. The number of phenolic OH excluding ortho intramolecular Hbond substituents is 2. The Kier molecular flexibility index (Phi) is 6.67. The summed E-state index contributed by atoms with van der Waals surface area (Å²) in [5, 5.41) is 19.5. The van der Waals surface area contributed by atoms with E-state index in [9.17, 15) is 15.0 Å². The second kappa shape index (κ2) is 8.02. The van der Waals surface area contributed by atoms with E-state index in [-0.39, 0.29) is 44.7 Å². The first kappa shape index (κ1) is 17.5. The molecule has 108 valence electrons. The maximum Gasteiger partial charge on any atom is 0.220 e. The molecule has 2 N–H and O–H groups in total. The Labute approximate surface area is 144 Å². The van der Waals surface area contributed by atoms with E-state index in [0.29, 0.717) is 24.2 Å². The van der Waals surface area contributed by atoms with Gasteiger partial charge in [0, 0.05) is 58.4 Å². The van der Waals surface area contributed by atoms with E-state index >= 15 is 0 Å². The first-order chi connectivity index (χ1) is 9.58. The average Bonchev–Trinajstić information content (AvgIpc) is 2.42. The molecule has 0 saturated carbocycles. The summed E-state index contributed by atoms with van der Waals surface area (Å²) >= 11 is 0. The van der Waals surface area contributed by atoms with Crippen molar-refractivity contribution in [2.45, 2.75) is 20.0 Å². The number of carbonyl (C=O) groups is 1. The SMILES string of the molecule is CC(=O)N(Cc1ccccc1O)Cc1ccccc1O.[Pb]. The van der Waals surface area contributed by atoms with Crippen molar-refractivity contribution >= 4 is 33.2 Å². The summed E-state index contributed by atoms with van der Waals surface area (Å²) in [7, 11) is 0. The van der Waals surface area contributed by atoms with Crippen molar-refractivity contribution in [3.05, 3.63) is 59.7 Å². The van der Waals surface area contributed by atoms with Gasteiger partial charge in [0.1, 0.15) is 11.5 Å². The van der Waals surface area contributed by atoms with Crippen LogP contribution in [-0.2, 0) is 17.9 Å². The Hall–Kier alpha value is -1.57. The van der Waals surface area contributed by atoms with E-state index in [4.69, 9.17) is 0 Å². The number of phenols is 2. The molecule has 2 aromatic rings. The molecule has 0 heterocycles. The summed E-state index contributed by atoms with van der Waals surface area (Å²) in [6.45, 7) is 2.08.